The van der Waals surface area contributed by atoms with E-state index in [0.717, 1.165) is 10.8 Å². The van der Waals surface area contributed by atoms with E-state index in [-0.39, 0.29) is 0 Å². The predicted molar refractivity (Wildman–Crippen MR) is 45.4 cm³/mol. The highest BCUT2D eigenvalue weighted by Crippen LogP contribution is 2.14. The summed E-state index contributed by atoms with van der Waals surface area (Å²) in [5, 5.41) is 1.13. The third kappa shape index (κ3) is 2.03. The Hall–Kier alpha value is -0.500. The van der Waals surface area contributed by atoms with E-state index in [1.807, 2.05) is 12.3 Å². The Morgan fingerprint density at radius 2 is 2.40 bits per heavy atom. The van der Waals surface area contributed by atoms with Crippen molar-refractivity contribution in [2.24, 2.45) is 0 Å². The van der Waals surface area contributed by atoms with Crippen molar-refractivity contribution in [3.63, 3.8) is 0 Å². The zero-order valence-electron chi connectivity index (χ0n) is 6.29. The van der Waals surface area contributed by atoms with Gasteiger partial charge in [-0.1, -0.05) is 6.92 Å². The summed E-state index contributed by atoms with van der Waals surface area (Å²) in [4.78, 5) is 4.19. The van der Waals surface area contributed by atoms with Gasteiger partial charge in [0.2, 0.25) is 0 Å². The number of aryl methyl sites for hydroxylation is 1. The lowest BCUT2D eigenvalue weighted by Crippen LogP contribution is -1.80. The van der Waals surface area contributed by atoms with Crippen LogP contribution in [0.25, 0.3) is 0 Å². The van der Waals surface area contributed by atoms with Crippen LogP contribution in [-0.4, -0.2) is 10.7 Å². The molecule has 1 aromatic heterocycles. The monoisotopic (exact) mass is 153 g/mol. The molecule has 0 saturated carbocycles. The molecule has 1 heterocycles. The zero-order chi connectivity index (χ0) is 7.40. The van der Waals surface area contributed by atoms with Gasteiger partial charge in [-0.2, -0.15) is 0 Å². The van der Waals surface area contributed by atoms with E-state index in [1.165, 1.54) is 5.56 Å². The fourth-order valence-electron chi connectivity index (χ4n) is 0.735. The fourth-order valence-corrected chi connectivity index (χ4v) is 1.44. The Balaban J connectivity index is 2.75. The predicted octanol–water partition coefficient (Wildman–Crippen LogP) is 2.50. The quantitative estimate of drug-likeness (QED) is 0.605. The average molecular weight is 153 g/mol. The number of hydrogen-bond donors (Lipinski definition) is 0. The summed E-state index contributed by atoms with van der Waals surface area (Å²) in [7, 11) is 0. The molecule has 0 aliphatic heterocycles. The number of aromatic nitrogens is 1. The fraction of sp³-hybridized carbons (Fsp3) is 0.375. The first-order chi connectivity index (χ1) is 4.83. The van der Waals surface area contributed by atoms with E-state index < -0.39 is 0 Å². The highest BCUT2D eigenvalue weighted by molar-refractivity contribution is 7.99. The van der Waals surface area contributed by atoms with Crippen LogP contribution < -0.4 is 0 Å². The largest absolute Gasteiger partial charge is 0.250 e. The number of thioether (sulfide) groups is 1. The van der Waals surface area contributed by atoms with Crippen molar-refractivity contribution in [1.82, 2.24) is 4.98 Å². The van der Waals surface area contributed by atoms with Crippen LogP contribution in [0, 0.1) is 6.92 Å². The molecule has 0 unspecified atom stereocenters. The van der Waals surface area contributed by atoms with E-state index in [2.05, 4.69) is 24.9 Å². The number of rotatable bonds is 2. The number of nitrogens with zero attached hydrogens (tertiary/aromatic N) is 1. The van der Waals surface area contributed by atoms with Gasteiger partial charge in [-0.15, -0.1) is 11.8 Å². The minimum atomic E-state index is 1.09. The first-order valence-corrected chi connectivity index (χ1v) is 4.37. The van der Waals surface area contributed by atoms with Crippen molar-refractivity contribution in [2.45, 2.75) is 18.9 Å². The van der Waals surface area contributed by atoms with Gasteiger partial charge < -0.3 is 0 Å². The van der Waals surface area contributed by atoms with Crippen LogP contribution >= 0.6 is 11.8 Å². The van der Waals surface area contributed by atoms with Crippen LogP contribution in [0.2, 0.25) is 0 Å². The molecule has 10 heavy (non-hydrogen) atoms. The molecule has 0 bridgehead atoms. The molecule has 54 valence electrons. The Morgan fingerprint density at radius 1 is 1.60 bits per heavy atom. The molecule has 0 fully saturated rings. The lowest BCUT2D eigenvalue weighted by molar-refractivity contribution is 1.11. The highest BCUT2D eigenvalue weighted by atomic mass is 32.2. The molecule has 1 nitrogen and oxygen atoms in total. The summed E-state index contributed by atoms with van der Waals surface area (Å²) in [6.45, 7) is 4.22. The SMILES string of the molecule is CCSc1cc(C)ccn1. The smallest absolute Gasteiger partial charge is 0.0962 e. The zero-order valence-corrected chi connectivity index (χ0v) is 7.11. The molecule has 0 N–H and O–H groups in total. The normalized spacial score (nSPS) is 9.80. The molecule has 2 heteroatoms. The van der Waals surface area contributed by atoms with E-state index in [1.54, 1.807) is 11.8 Å². The summed E-state index contributed by atoms with van der Waals surface area (Å²) in [5.41, 5.74) is 1.28. The molecule has 0 amide bonds. The Kier molecular flexibility index (Phi) is 2.75. The topological polar surface area (TPSA) is 12.9 Å². The lowest BCUT2D eigenvalue weighted by atomic mass is 10.3. The van der Waals surface area contributed by atoms with E-state index in [9.17, 15) is 0 Å². The molecule has 0 atom stereocenters. The first kappa shape index (κ1) is 7.61. The van der Waals surface area contributed by atoms with Crippen LogP contribution in [-0.2, 0) is 0 Å². The molecule has 0 aromatic carbocycles. The first-order valence-electron chi connectivity index (χ1n) is 3.38. The van der Waals surface area contributed by atoms with Crippen molar-refractivity contribution >= 4 is 11.8 Å². The van der Waals surface area contributed by atoms with Gasteiger partial charge in [-0.3, -0.25) is 0 Å². The van der Waals surface area contributed by atoms with E-state index in [0.29, 0.717) is 0 Å². The standard InChI is InChI=1S/C8H11NS/c1-3-10-8-6-7(2)4-5-9-8/h4-6H,3H2,1-2H3. The van der Waals surface area contributed by atoms with Crippen molar-refractivity contribution < 1.29 is 0 Å². The maximum Gasteiger partial charge on any atom is 0.0962 e. The molecule has 1 rings (SSSR count). The van der Waals surface area contributed by atoms with Crippen LogP contribution in [0.1, 0.15) is 12.5 Å². The van der Waals surface area contributed by atoms with Crippen LogP contribution in [0.5, 0.6) is 0 Å². The Bertz CT molecular complexity index is 210. The minimum absolute atomic E-state index is 1.09. The van der Waals surface area contributed by atoms with Crippen LogP contribution in [0.4, 0.5) is 0 Å². The van der Waals surface area contributed by atoms with E-state index >= 15 is 0 Å². The molecular weight excluding hydrogens is 142 g/mol. The molecule has 0 spiro atoms. The molecular formula is C8H11NS. The van der Waals surface area contributed by atoms with Gasteiger partial charge in [-0.05, 0) is 30.4 Å². The summed E-state index contributed by atoms with van der Waals surface area (Å²) < 4.78 is 0. The van der Waals surface area contributed by atoms with Gasteiger partial charge in [0.15, 0.2) is 0 Å². The van der Waals surface area contributed by atoms with Crippen molar-refractivity contribution in [1.29, 1.82) is 0 Å². The van der Waals surface area contributed by atoms with Crippen molar-refractivity contribution in [2.75, 3.05) is 5.75 Å². The summed E-state index contributed by atoms with van der Waals surface area (Å²) in [5.74, 6) is 1.09. The second-order valence-electron chi connectivity index (χ2n) is 2.10. The number of hydrogen-bond acceptors (Lipinski definition) is 2. The third-order valence-electron chi connectivity index (χ3n) is 1.18. The van der Waals surface area contributed by atoms with Gasteiger partial charge in [0, 0.05) is 6.20 Å². The summed E-state index contributed by atoms with van der Waals surface area (Å²) >= 11 is 1.78. The average Bonchev–Trinajstić information content (AvgIpc) is 1.88. The maximum absolute atomic E-state index is 4.19. The van der Waals surface area contributed by atoms with Gasteiger partial charge in [-0.25, -0.2) is 4.98 Å². The molecule has 1 aromatic rings. The Labute approximate surface area is 65.9 Å². The molecule has 0 aliphatic rings. The van der Waals surface area contributed by atoms with E-state index in [4.69, 9.17) is 0 Å². The number of pyridine rings is 1. The van der Waals surface area contributed by atoms with Crippen LogP contribution in [0.3, 0.4) is 0 Å². The minimum Gasteiger partial charge on any atom is -0.250 e. The molecule has 0 aliphatic carbocycles. The van der Waals surface area contributed by atoms with Gasteiger partial charge in [0.25, 0.3) is 0 Å². The van der Waals surface area contributed by atoms with Crippen LogP contribution in [0.15, 0.2) is 23.4 Å². The second-order valence-corrected chi connectivity index (χ2v) is 3.39. The third-order valence-corrected chi connectivity index (χ3v) is 1.99. The summed E-state index contributed by atoms with van der Waals surface area (Å²) in [6, 6.07) is 4.12. The Morgan fingerprint density at radius 3 is 3.00 bits per heavy atom. The van der Waals surface area contributed by atoms with Gasteiger partial charge in [0.1, 0.15) is 0 Å². The van der Waals surface area contributed by atoms with Gasteiger partial charge in [0.05, 0.1) is 5.03 Å². The molecule has 0 radical (unpaired) electrons. The van der Waals surface area contributed by atoms with Crippen molar-refractivity contribution in [3.05, 3.63) is 23.9 Å². The van der Waals surface area contributed by atoms with Gasteiger partial charge >= 0.3 is 0 Å². The second kappa shape index (κ2) is 3.62. The lowest BCUT2D eigenvalue weighted by Gasteiger charge is -1.96. The highest BCUT2D eigenvalue weighted by Gasteiger charge is 1.91. The maximum atomic E-state index is 4.19. The summed E-state index contributed by atoms with van der Waals surface area (Å²) in [6.07, 6.45) is 1.85. The molecule has 0 saturated heterocycles. The van der Waals surface area contributed by atoms with Crippen molar-refractivity contribution in [3.8, 4) is 0 Å².